The molecule has 1 aromatic carbocycles. The first kappa shape index (κ1) is 30.9. The van der Waals surface area contributed by atoms with E-state index in [1.807, 2.05) is 0 Å². The number of hydrogen-bond donors (Lipinski definition) is 2. The van der Waals surface area contributed by atoms with E-state index in [1.54, 1.807) is 79.7 Å². The van der Waals surface area contributed by atoms with Gasteiger partial charge in [-0.05, 0) is 73.6 Å². The first-order valence-corrected chi connectivity index (χ1v) is 14.8. The fourth-order valence-electron chi connectivity index (χ4n) is 3.00. The predicted octanol–water partition coefficient (Wildman–Crippen LogP) is 6.80. The van der Waals surface area contributed by atoms with E-state index in [-0.39, 0.29) is 10.9 Å². The summed E-state index contributed by atoms with van der Waals surface area (Å²) in [6.07, 6.45) is -2.09. The van der Waals surface area contributed by atoms with Gasteiger partial charge in [0.1, 0.15) is 4.99 Å². The van der Waals surface area contributed by atoms with Crippen LogP contribution < -0.4 is 10.6 Å². The van der Waals surface area contributed by atoms with Crippen LogP contribution in [0.15, 0.2) is 24.3 Å². The van der Waals surface area contributed by atoms with Crippen molar-refractivity contribution in [3.63, 3.8) is 0 Å². The minimum Gasteiger partial charge on any atom is -0.349 e. The van der Waals surface area contributed by atoms with E-state index in [0.717, 1.165) is 0 Å². The number of carbonyl (C=O) groups is 1. The molecule has 1 amide bonds. The van der Waals surface area contributed by atoms with Crippen molar-refractivity contribution in [2.24, 2.45) is 0 Å². The maximum atomic E-state index is 14.2. The molecule has 34 heavy (non-hydrogen) atoms. The Morgan fingerprint density at radius 1 is 0.765 bits per heavy atom. The molecule has 12 heteroatoms. The van der Waals surface area contributed by atoms with Gasteiger partial charge in [-0.25, -0.2) is 0 Å². The van der Waals surface area contributed by atoms with Gasteiger partial charge >= 0.3 is 15.2 Å². The third kappa shape index (κ3) is 9.86. The highest BCUT2D eigenvalue weighted by Gasteiger charge is 2.55. The predicted molar refractivity (Wildman–Crippen MR) is 141 cm³/mol. The summed E-state index contributed by atoms with van der Waals surface area (Å²) in [4.78, 5) is 11.3. The van der Waals surface area contributed by atoms with Gasteiger partial charge in [-0.3, -0.25) is 13.9 Å². The van der Waals surface area contributed by atoms with E-state index < -0.39 is 45.0 Å². The van der Waals surface area contributed by atoms with Crippen LogP contribution >= 0.6 is 27.4 Å². The Labute approximate surface area is 208 Å². The van der Waals surface area contributed by atoms with E-state index in [9.17, 15) is 13.9 Å². The molecule has 0 radical (unpaired) electrons. The van der Waals surface area contributed by atoms with Crippen LogP contribution in [-0.4, -0.2) is 40.7 Å². The van der Waals surface area contributed by atoms with Crippen molar-refractivity contribution >= 4 is 49.7 Å². The van der Waals surface area contributed by atoms with Gasteiger partial charge in [-0.1, -0.05) is 18.3 Å². The average molecular weight is 537 g/mol. The molecule has 0 atom stereocenters. The number of thiocarbonyl (C=S) groups is 1. The molecule has 0 heterocycles. The SMILES string of the molecule is CC(=O)Nc1cccc(NC(=S)C(P(=O)(OC(C)C)OC(C)C)P(=O)(OC(C)C)OC(C)C)c1. The van der Waals surface area contributed by atoms with E-state index in [0.29, 0.717) is 11.4 Å². The van der Waals surface area contributed by atoms with Crippen molar-refractivity contribution in [1.82, 2.24) is 0 Å². The summed E-state index contributed by atoms with van der Waals surface area (Å²) in [7, 11) is -8.38. The molecule has 0 bridgehead atoms. The molecule has 0 aliphatic heterocycles. The van der Waals surface area contributed by atoms with Gasteiger partial charge in [-0.15, -0.1) is 0 Å². The molecule has 0 aliphatic rings. The lowest BCUT2D eigenvalue weighted by Gasteiger charge is -2.35. The smallest absolute Gasteiger partial charge is 0.349 e. The lowest BCUT2D eigenvalue weighted by molar-refractivity contribution is -0.114. The van der Waals surface area contributed by atoms with Crippen molar-refractivity contribution in [3.05, 3.63) is 24.3 Å². The number of anilines is 2. The second-order valence-corrected chi connectivity index (χ2v) is 13.7. The number of benzene rings is 1. The first-order valence-electron chi connectivity index (χ1n) is 11.2. The summed E-state index contributed by atoms with van der Waals surface area (Å²) in [5.41, 5.74) is 1.000. The molecule has 0 fully saturated rings. The van der Waals surface area contributed by atoms with Crippen LogP contribution in [0.1, 0.15) is 62.3 Å². The Balaban J connectivity index is 3.62. The molecular formula is C22H38N2O7P2S. The monoisotopic (exact) mass is 536 g/mol. The second kappa shape index (κ2) is 13.3. The third-order valence-corrected chi connectivity index (χ3v) is 10.7. The summed E-state index contributed by atoms with van der Waals surface area (Å²) in [5, 5.41) is 4.12. The van der Waals surface area contributed by atoms with E-state index in [1.165, 1.54) is 6.92 Å². The van der Waals surface area contributed by atoms with Gasteiger partial charge in [0.05, 0.1) is 24.4 Å². The van der Waals surface area contributed by atoms with Crippen molar-refractivity contribution in [1.29, 1.82) is 0 Å². The summed E-state index contributed by atoms with van der Waals surface area (Å²) < 4.78 is 51.5. The largest absolute Gasteiger partial charge is 0.353 e. The van der Waals surface area contributed by atoms with E-state index in [2.05, 4.69) is 10.6 Å². The fourth-order valence-corrected chi connectivity index (χ4v) is 9.55. The van der Waals surface area contributed by atoms with Crippen LogP contribution in [0, 0.1) is 0 Å². The highest BCUT2D eigenvalue weighted by atomic mass is 32.1. The molecule has 0 spiro atoms. The zero-order valence-electron chi connectivity index (χ0n) is 21.4. The molecule has 0 saturated heterocycles. The van der Waals surface area contributed by atoms with E-state index >= 15 is 0 Å². The Morgan fingerprint density at radius 3 is 1.44 bits per heavy atom. The fraction of sp³-hybridized carbons (Fsp3) is 0.636. The van der Waals surface area contributed by atoms with Crippen molar-refractivity contribution in [3.8, 4) is 0 Å². The maximum Gasteiger partial charge on any atom is 0.353 e. The molecule has 9 nitrogen and oxygen atoms in total. The Morgan fingerprint density at radius 2 is 1.12 bits per heavy atom. The summed E-state index contributed by atoms with van der Waals surface area (Å²) in [5.74, 6) is -0.238. The third-order valence-electron chi connectivity index (χ3n) is 3.72. The van der Waals surface area contributed by atoms with Crippen LogP contribution in [0.2, 0.25) is 0 Å². The van der Waals surface area contributed by atoms with Gasteiger partial charge in [-0.2, -0.15) is 0 Å². The molecule has 0 aromatic heterocycles. The van der Waals surface area contributed by atoms with Crippen molar-refractivity contribution in [2.75, 3.05) is 10.6 Å². The number of amides is 1. The van der Waals surface area contributed by atoms with Gasteiger partial charge < -0.3 is 28.7 Å². The van der Waals surface area contributed by atoms with Gasteiger partial charge in [0.2, 0.25) is 11.3 Å². The summed E-state index contributed by atoms with van der Waals surface area (Å²) in [6.45, 7) is 14.9. The average Bonchev–Trinajstić information content (AvgIpc) is 2.57. The van der Waals surface area contributed by atoms with Crippen LogP contribution in [0.5, 0.6) is 0 Å². The highest BCUT2D eigenvalue weighted by molar-refractivity contribution is 7.85. The molecule has 0 unspecified atom stereocenters. The minimum atomic E-state index is -4.19. The van der Waals surface area contributed by atoms with Crippen molar-refractivity contribution in [2.45, 2.75) is 92.1 Å². The molecule has 1 rings (SSSR count). The quantitative estimate of drug-likeness (QED) is 0.208. The van der Waals surface area contributed by atoms with Crippen LogP contribution in [-0.2, 0) is 32.0 Å². The Bertz CT molecular complexity index is 872. The minimum absolute atomic E-state index is 0.0887. The summed E-state index contributed by atoms with van der Waals surface area (Å²) in [6, 6.07) is 6.74. The molecular weight excluding hydrogens is 498 g/mol. The van der Waals surface area contributed by atoms with Crippen LogP contribution in [0.25, 0.3) is 0 Å². The molecule has 0 saturated carbocycles. The maximum absolute atomic E-state index is 14.2. The Hall–Kier alpha value is -1.12. The van der Waals surface area contributed by atoms with Crippen LogP contribution in [0.3, 0.4) is 0 Å². The zero-order chi connectivity index (χ0) is 26.3. The second-order valence-electron chi connectivity index (χ2n) is 8.82. The van der Waals surface area contributed by atoms with Gasteiger partial charge in [0.15, 0.2) is 0 Å². The zero-order valence-corrected chi connectivity index (χ0v) is 24.0. The molecule has 194 valence electrons. The van der Waals surface area contributed by atoms with Gasteiger partial charge in [0, 0.05) is 18.3 Å². The summed E-state index contributed by atoms with van der Waals surface area (Å²) >= 11 is 5.63. The normalized spacial score (nSPS) is 12.8. The van der Waals surface area contributed by atoms with Gasteiger partial charge in [0.25, 0.3) is 0 Å². The Kier molecular flexibility index (Phi) is 12.1. The highest BCUT2D eigenvalue weighted by Crippen LogP contribution is 2.72. The number of rotatable bonds is 13. The topological polar surface area (TPSA) is 112 Å². The number of hydrogen-bond acceptors (Lipinski definition) is 8. The molecule has 0 aliphatic carbocycles. The molecule has 2 N–H and O–H groups in total. The van der Waals surface area contributed by atoms with E-state index in [4.69, 9.17) is 30.3 Å². The van der Waals surface area contributed by atoms with Crippen LogP contribution in [0.4, 0.5) is 11.4 Å². The number of nitrogens with one attached hydrogen (secondary N) is 2. The lowest BCUT2D eigenvalue weighted by Crippen LogP contribution is -2.32. The lowest BCUT2D eigenvalue weighted by atomic mass is 10.2. The standard InChI is InChI=1S/C22H38N2O7P2S/c1-14(2)28-32(26,29-15(3)4)22(33(27,30-16(5)6)31-17(7)8)21(34)24-20-12-10-11-19(13-20)23-18(9)25/h10-17,22H,1-9H3,(H,23,25)(H,24,34). The first-order chi connectivity index (χ1) is 15.6. The van der Waals surface area contributed by atoms with Crippen molar-refractivity contribution < 1.29 is 32.0 Å². The molecule has 1 aromatic rings. The number of carbonyl (C=O) groups excluding carboxylic acids is 1.